The van der Waals surface area contributed by atoms with Crippen molar-refractivity contribution in [2.75, 3.05) is 26.2 Å². The zero-order chi connectivity index (χ0) is 17.7. The van der Waals surface area contributed by atoms with Gasteiger partial charge in [0, 0.05) is 45.0 Å². The first kappa shape index (κ1) is 16.5. The summed E-state index contributed by atoms with van der Waals surface area (Å²) in [6, 6.07) is 2.76. The number of nitrogens with zero attached hydrogens (tertiary/aromatic N) is 5. The molecule has 0 bridgehead atoms. The van der Waals surface area contributed by atoms with Gasteiger partial charge in [0.25, 0.3) is 5.91 Å². The van der Waals surface area contributed by atoms with E-state index in [2.05, 4.69) is 23.8 Å². The Bertz CT molecular complexity index is 813. The van der Waals surface area contributed by atoms with Crippen molar-refractivity contribution in [1.82, 2.24) is 24.6 Å². The molecule has 2 aromatic rings. The molecular weight excluding hydrogens is 314 g/mol. The minimum atomic E-state index is 0.126. The number of hydrogen-bond acceptors (Lipinski definition) is 4. The highest BCUT2D eigenvalue weighted by Gasteiger charge is 2.33. The van der Waals surface area contributed by atoms with Gasteiger partial charge in [0.05, 0.1) is 16.6 Å². The molecule has 25 heavy (non-hydrogen) atoms. The van der Waals surface area contributed by atoms with Crippen LogP contribution in [0.3, 0.4) is 0 Å². The van der Waals surface area contributed by atoms with E-state index >= 15 is 0 Å². The van der Waals surface area contributed by atoms with E-state index in [-0.39, 0.29) is 11.8 Å². The number of piperazine rings is 1. The van der Waals surface area contributed by atoms with Crippen LogP contribution in [0.25, 0.3) is 11.0 Å². The SMILES string of the molecule is Cc1nn(C)c2nc(C(C)C)cc(C(=O)N3CCN(C4CC4)CC3)c12. The molecule has 0 radical (unpaired) electrons. The van der Waals surface area contributed by atoms with Crippen LogP contribution in [0.2, 0.25) is 0 Å². The molecule has 2 fully saturated rings. The minimum absolute atomic E-state index is 0.126. The molecule has 2 aromatic heterocycles. The van der Waals surface area contributed by atoms with Gasteiger partial charge in [0.2, 0.25) is 0 Å². The molecule has 2 aliphatic rings. The lowest BCUT2D eigenvalue weighted by Gasteiger charge is -2.35. The molecule has 0 unspecified atom stereocenters. The third-order valence-electron chi connectivity index (χ3n) is 5.48. The standard InChI is InChI=1S/C19H27N5O/c1-12(2)16-11-15(17-13(3)21-22(4)18(17)20-16)19(25)24-9-7-23(8-10-24)14-5-6-14/h11-12,14H,5-10H2,1-4H3. The van der Waals surface area contributed by atoms with Crippen LogP contribution in [0, 0.1) is 6.92 Å². The maximum Gasteiger partial charge on any atom is 0.254 e. The van der Waals surface area contributed by atoms with Crippen molar-refractivity contribution in [3.63, 3.8) is 0 Å². The molecule has 1 aliphatic heterocycles. The third-order valence-corrected chi connectivity index (χ3v) is 5.48. The first-order chi connectivity index (χ1) is 12.0. The number of carbonyl (C=O) groups excluding carboxylic acids is 1. The van der Waals surface area contributed by atoms with Crippen molar-refractivity contribution < 1.29 is 4.79 Å². The average molecular weight is 341 g/mol. The summed E-state index contributed by atoms with van der Waals surface area (Å²) < 4.78 is 1.79. The van der Waals surface area contributed by atoms with Crippen LogP contribution < -0.4 is 0 Å². The quantitative estimate of drug-likeness (QED) is 0.860. The summed E-state index contributed by atoms with van der Waals surface area (Å²) in [6.07, 6.45) is 2.65. The van der Waals surface area contributed by atoms with Crippen LogP contribution in [0.1, 0.15) is 54.4 Å². The topological polar surface area (TPSA) is 54.3 Å². The molecule has 0 aromatic carbocycles. The fourth-order valence-corrected chi connectivity index (χ4v) is 3.83. The van der Waals surface area contributed by atoms with Crippen molar-refractivity contribution in [3.05, 3.63) is 23.0 Å². The molecule has 6 heteroatoms. The molecule has 0 atom stereocenters. The minimum Gasteiger partial charge on any atom is -0.336 e. The zero-order valence-corrected chi connectivity index (χ0v) is 15.6. The van der Waals surface area contributed by atoms with Crippen LogP contribution in [0.5, 0.6) is 0 Å². The van der Waals surface area contributed by atoms with Gasteiger partial charge in [-0.15, -0.1) is 0 Å². The van der Waals surface area contributed by atoms with E-state index in [0.717, 1.165) is 60.2 Å². The van der Waals surface area contributed by atoms with Gasteiger partial charge in [0.15, 0.2) is 5.65 Å². The Morgan fingerprint density at radius 2 is 1.88 bits per heavy atom. The summed E-state index contributed by atoms with van der Waals surface area (Å²) in [5, 5.41) is 5.40. The fourth-order valence-electron chi connectivity index (χ4n) is 3.83. The second kappa shape index (κ2) is 6.09. The van der Waals surface area contributed by atoms with E-state index in [1.165, 1.54) is 12.8 Å². The Balaban J connectivity index is 1.68. The van der Waals surface area contributed by atoms with E-state index < -0.39 is 0 Å². The summed E-state index contributed by atoms with van der Waals surface area (Å²) in [5.74, 6) is 0.402. The summed E-state index contributed by atoms with van der Waals surface area (Å²) in [4.78, 5) is 22.6. The summed E-state index contributed by atoms with van der Waals surface area (Å²) in [6.45, 7) is 9.80. The molecule has 1 saturated carbocycles. The average Bonchev–Trinajstić information content (AvgIpc) is 3.40. The van der Waals surface area contributed by atoms with Crippen LogP contribution >= 0.6 is 0 Å². The van der Waals surface area contributed by atoms with Crippen molar-refractivity contribution in [2.45, 2.75) is 45.6 Å². The smallest absolute Gasteiger partial charge is 0.254 e. The largest absolute Gasteiger partial charge is 0.336 e. The van der Waals surface area contributed by atoms with Gasteiger partial charge in [-0.3, -0.25) is 14.4 Å². The number of rotatable bonds is 3. The molecule has 0 N–H and O–H groups in total. The molecule has 1 amide bonds. The number of pyridine rings is 1. The van der Waals surface area contributed by atoms with Crippen LogP contribution in [-0.2, 0) is 7.05 Å². The van der Waals surface area contributed by atoms with Gasteiger partial charge in [-0.1, -0.05) is 13.8 Å². The second-order valence-corrected chi connectivity index (χ2v) is 7.72. The normalized spacial score (nSPS) is 19.2. The van der Waals surface area contributed by atoms with Crippen LogP contribution in [0.4, 0.5) is 0 Å². The van der Waals surface area contributed by atoms with Crippen molar-refractivity contribution in [1.29, 1.82) is 0 Å². The maximum atomic E-state index is 13.3. The molecule has 4 rings (SSSR count). The second-order valence-electron chi connectivity index (χ2n) is 7.72. The van der Waals surface area contributed by atoms with E-state index in [9.17, 15) is 4.79 Å². The molecular formula is C19H27N5O. The van der Waals surface area contributed by atoms with Crippen molar-refractivity contribution in [3.8, 4) is 0 Å². The zero-order valence-electron chi connectivity index (χ0n) is 15.6. The van der Waals surface area contributed by atoms with Gasteiger partial charge in [-0.05, 0) is 31.7 Å². The van der Waals surface area contributed by atoms with Crippen molar-refractivity contribution >= 4 is 16.9 Å². The number of hydrogen-bond donors (Lipinski definition) is 0. The molecule has 3 heterocycles. The first-order valence-corrected chi connectivity index (χ1v) is 9.33. The Labute approximate surface area is 148 Å². The van der Waals surface area contributed by atoms with Gasteiger partial charge >= 0.3 is 0 Å². The lowest BCUT2D eigenvalue weighted by Crippen LogP contribution is -2.49. The van der Waals surface area contributed by atoms with Crippen LogP contribution in [0.15, 0.2) is 6.07 Å². The fraction of sp³-hybridized carbons (Fsp3) is 0.632. The summed E-state index contributed by atoms with van der Waals surface area (Å²) in [7, 11) is 1.90. The Morgan fingerprint density at radius 3 is 2.48 bits per heavy atom. The third kappa shape index (κ3) is 2.92. The molecule has 1 saturated heterocycles. The summed E-state index contributed by atoms with van der Waals surface area (Å²) in [5.41, 5.74) is 3.40. The number of amides is 1. The summed E-state index contributed by atoms with van der Waals surface area (Å²) >= 11 is 0. The van der Waals surface area contributed by atoms with E-state index in [0.29, 0.717) is 0 Å². The number of aryl methyl sites for hydroxylation is 2. The lowest BCUT2D eigenvalue weighted by molar-refractivity contribution is 0.0629. The highest BCUT2D eigenvalue weighted by molar-refractivity contribution is 6.06. The Morgan fingerprint density at radius 1 is 1.20 bits per heavy atom. The van der Waals surface area contributed by atoms with Crippen molar-refractivity contribution in [2.24, 2.45) is 7.05 Å². The van der Waals surface area contributed by atoms with Gasteiger partial charge in [0.1, 0.15) is 0 Å². The van der Waals surface area contributed by atoms with Gasteiger partial charge < -0.3 is 4.90 Å². The predicted molar refractivity (Wildman–Crippen MR) is 97.8 cm³/mol. The van der Waals surface area contributed by atoms with E-state index in [4.69, 9.17) is 4.98 Å². The van der Waals surface area contributed by atoms with Gasteiger partial charge in [-0.2, -0.15) is 5.10 Å². The molecule has 1 aliphatic carbocycles. The van der Waals surface area contributed by atoms with Gasteiger partial charge in [-0.25, -0.2) is 4.98 Å². The first-order valence-electron chi connectivity index (χ1n) is 9.33. The number of aromatic nitrogens is 3. The lowest BCUT2D eigenvalue weighted by atomic mass is 10.0. The monoisotopic (exact) mass is 341 g/mol. The van der Waals surface area contributed by atoms with E-state index in [1.54, 1.807) is 4.68 Å². The molecule has 6 nitrogen and oxygen atoms in total. The molecule has 0 spiro atoms. The Kier molecular flexibility index (Phi) is 4.02. The predicted octanol–water partition coefficient (Wildman–Crippen LogP) is 2.32. The number of fused-ring (bicyclic) bond motifs is 1. The Hall–Kier alpha value is -1.95. The molecule has 134 valence electrons. The highest BCUT2D eigenvalue weighted by atomic mass is 16.2. The van der Waals surface area contributed by atoms with Crippen LogP contribution in [-0.4, -0.2) is 62.7 Å². The van der Waals surface area contributed by atoms with E-state index in [1.807, 2.05) is 24.9 Å². The number of carbonyl (C=O) groups is 1. The highest BCUT2D eigenvalue weighted by Crippen LogP contribution is 2.29. The maximum absolute atomic E-state index is 13.3.